The maximum absolute atomic E-state index is 13.6. The summed E-state index contributed by atoms with van der Waals surface area (Å²) < 4.78 is 43.7. The van der Waals surface area contributed by atoms with Gasteiger partial charge < -0.3 is 24.8 Å². The molecule has 11 heteroatoms. The summed E-state index contributed by atoms with van der Waals surface area (Å²) in [6.45, 7) is 4.73. The predicted molar refractivity (Wildman–Crippen MR) is 146 cm³/mol. The van der Waals surface area contributed by atoms with Crippen LogP contribution in [0, 0.1) is 0 Å². The lowest BCUT2D eigenvalue weighted by atomic mass is 9.85. The predicted octanol–water partition coefficient (Wildman–Crippen LogP) is 3.37. The Morgan fingerprint density at radius 1 is 1.08 bits per heavy atom. The van der Waals surface area contributed by atoms with Crippen LogP contribution in [0.15, 0.2) is 41.3 Å². The third-order valence-corrected chi connectivity index (χ3v) is 8.81. The van der Waals surface area contributed by atoms with Gasteiger partial charge in [-0.3, -0.25) is 4.55 Å². The van der Waals surface area contributed by atoms with E-state index in [-0.39, 0.29) is 19.1 Å². The second-order valence-electron chi connectivity index (χ2n) is 9.08. The lowest BCUT2D eigenvalue weighted by Gasteiger charge is -2.41. The van der Waals surface area contributed by atoms with Gasteiger partial charge in [0.15, 0.2) is 0 Å². The number of benzene rings is 2. The summed E-state index contributed by atoms with van der Waals surface area (Å²) in [4.78, 5) is 2.51. The standard InChI is InChI=1S/C25H37Cl2N3O5S/c1-30-17-23(22-15-20(26)16-25(27)24(22)18-30)19-4-3-5-21(14-19)36(2,31,32)29-7-9-34-11-13-35-12-10-33-8-6-28/h3-5,14-16,23H,6-13,17-18,28H2,1-2H3,(H2,29,31,32). The van der Waals surface area contributed by atoms with Gasteiger partial charge in [-0.15, -0.1) is 9.53 Å². The number of ether oxygens (including phenoxy) is 3. The molecule has 0 radical (unpaired) electrons. The number of hydrogen-bond acceptors (Lipinski definition) is 6. The molecule has 1 unspecified atom stereocenters. The van der Waals surface area contributed by atoms with Crippen molar-refractivity contribution in [2.24, 2.45) is 5.73 Å². The zero-order chi connectivity index (χ0) is 26.2. The number of nitrogens with one attached hydrogen (secondary N) is 1. The van der Waals surface area contributed by atoms with Gasteiger partial charge in [0.1, 0.15) is 0 Å². The molecule has 0 spiro atoms. The van der Waals surface area contributed by atoms with Crippen LogP contribution in [0.3, 0.4) is 0 Å². The number of hydrogen-bond donors (Lipinski definition) is 3. The van der Waals surface area contributed by atoms with Crippen molar-refractivity contribution in [2.75, 3.05) is 72.6 Å². The Balaban J connectivity index is 1.60. The third kappa shape index (κ3) is 8.19. The molecule has 36 heavy (non-hydrogen) atoms. The monoisotopic (exact) mass is 561 g/mol. The zero-order valence-corrected chi connectivity index (χ0v) is 23.2. The highest BCUT2D eigenvalue weighted by Crippen LogP contribution is 2.39. The van der Waals surface area contributed by atoms with Gasteiger partial charge in [0.25, 0.3) is 0 Å². The number of rotatable bonds is 14. The van der Waals surface area contributed by atoms with Crippen LogP contribution in [-0.2, 0) is 30.3 Å². The van der Waals surface area contributed by atoms with Crippen LogP contribution in [-0.4, -0.2) is 86.2 Å². The molecule has 4 N–H and O–H groups in total. The summed E-state index contributed by atoms with van der Waals surface area (Å²) in [7, 11) is -2.27. The van der Waals surface area contributed by atoms with E-state index in [0.717, 1.165) is 29.8 Å². The average molecular weight is 563 g/mol. The van der Waals surface area contributed by atoms with Gasteiger partial charge in [-0.05, 0) is 48.0 Å². The van der Waals surface area contributed by atoms with E-state index in [2.05, 4.69) is 9.62 Å². The van der Waals surface area contributed by atoms with Gasteiger partial charge in [-0.25, -0.2) is 4.72 Å². The minimum absolute atomic E-state index is 0.0259. The highest BCUT2D eigenvalue weighted by molar-refractivity contribution is 8.12. The largest absolute Gasteiger partial charge is 0.378 e. The Labute approximate surface area is 223 Å². The molecule has 0 aromatic heterocycles. The Hall–Kier alpha value is -1.11. The smallest absolute Gasteiger partial charge is 0.0701 e. The topological polar surface area (TPSA) is 106 Å². The van der Waals surface area contributed by atoms with Gasteiger partial charge in [0.05, 0.1) is 44.5 Å². The minimum Gasteiger partial charge on any atom is -0.378 e. The summed E-state index contributed by atoms with van der Waals surface area (Å²) in [5, 5.41) is 1.22. The number of nitrogens with zero attached hydrogens (tertiary/aromatic N) is 1. The van der Waals surface area contributed by atoms with E-state index in [1.54, 1.807) is 18.2 Å². The number of halogens is 2. The van der Waals surface area contributed by atoms with Crippen molar-refractivity contribution in [3.05, 3.63) is 63.1 Å². The van der Waals surface area contributed by atoms with Crippen molar-refractivity contribution in [1.82, 2.24) is 9.62 Å². The average Bonchev–Trinajstić information content (AvgIpc) is 2.82. The van der Waals surface area contributed by atoms with Crippen LogP contribution in [0.2, 0.25) is 10.0 Å². The maximum Gasteiger partial charge on any atom is 0.0701 e. The van der Waals surface area contributed by atoms with E-state index in [4.69, 9.17) is 43.1 Å². The zero-order valence-electron chi connectivity index (χ0n) is 20.9. The number of nitrogens with two attached hydrogens (primary N) is 1. The summed E-state index contributed by atoms with van der Waals surface area (Å²) in [5.41, 5.74) is 8.36. The van der Waals surface area contributed by atoms with Crippen LogP contribution >= 0.6 is 23.2 Å². The molecule has 2 aromatic carbocycles. The molecular formula is C25H37Cl2N3O5S. The van der Waals surface area contributed by atoms with Crippen LogP contribution in [0.1, 0.15) is 22.6 Å². The molecule has 0 fully saturated rings. The number of likely N-dealkylation sites (N-methyl/N-ethyl adjacent to an activating group) is 1. The molecule has 0 aliphatic carbocycles. The highest BCUT2D eigenvalue weighted by Gasteiger charge is 2.29. The van der Waals surface area contributed by atoms with E-state index < -0.39 is 9.53 Å². The quantitative estimate of drug-likeness (QED) is 0.303. The summed E-state index contributed by atoms with van der Waals surface area (Å²) in [5.74, 6) is -0.0259. The molecule has 202 valence electrons. The van der Waals surface area contributed by atoms with Crippen molar-refractivity contribution in [3.63, 3.8) is 0 Å². The number of fused-ring (bicyclic) bond motifs is 1. The highest BCUT2D eigenvalue weighted by atomic mass is 35.5. The molecule has 1 atom stereocenters. The van der Waals surface area contributed by atoms with Gasteiger partial charge >= 0.3 is 0 Å². The first-order valence-corrected chi connectivity index (χ1v) is 15.0. The van der Waals surface area contributed by atoms with Crippen LogP contribution in [0.5, 0.6) is 0 Å². The van der Waals surface area contributed by atoms with Crippen LogP contribution in [0.25, 0.3) is 0 Å². The molecule has 0 saturated heterocycles. The second kappa shape index (κ2) is 13.1. The van der Waals surface area contributed by atoms with E-state index in [0.29, 0.717) is 54.5 Å². The lowest BCUT2D eigenvalue weighted by molar-refractivity contribution is 0.0170. The Morgan fingerprint density at radius 2 is 1.75 bits per heavy atom. The Morgan fingerprint density at radius 3 is 2.44 bits per heavy atom. The fourth-order valence-electron chi connectivity index (χ4n) is 4.22. The van der Waals surface area contributed by atoms with E-state index in [1.165, 1.54) is 6.26 Å². The summed E-state index contributed by atoms with van der Waals surface area (Å²) in [6, 6.07) is 11.0. The van der Waals surface area contributed by atoms with Crippen molar-refractivity contribution in [2.45, 2.75) is 17.4 Å². The van der Waals surface area contributed by atoms with Gasteiger partial charge in [-0.1, -0.05) is 35.3 Å². The summed E-state index contributed by atoms with van der Waals surface area (Å²) >= 11 is 12.8. The van der Waals surface area contributed by atoms with Gasteiger partial charge in [0.2, 0.25) is 0 Å². The first kappa shape index (κ1) is 29.4. The molecule has 0 bridgehead atoms. The Kier molecular flexibility index (Phi) is 10.7. The molecule has 8 nitrogen and oxygen atoms in total. The van der Waals surface area contributed by atoms with E-state index >= 15 is 0 Å². The van der Waals surface area contributed by atoms with E-state index in [1.807, 2.05) is 25.2 Å². The van der Waals surface area contributed by atoms with Gasteiger partial charge in [0, 0.05) is 48.4 Å². The molecular weight excluding hydrogens is 525 g/mol. The van der Waals surface area contributed by atoms with Gasteiger partial charge in [-0.2, -0.15) is 4.21 Å². The first-order valence-electron chi connectivity index (χ1n) is 11.9. The van der Waals surface area contributed by atoms with Crippen molar-refractivity contribution in [3.8, 4) is 0 Å². The van der Waals surface area contributed by atoms with Crippen molar-refractivity contribution >= 4 is 32.7 Å². The molecule has 0 amide bonds. The van der Waals surface area contributed by atoms with Crippen molar-refractivity contribution < 1.29 is 23.0 Å². The fourth-order valence-corrected chi connectivity index (χ4v) is 6.34. The molecule has 3 rings (SSSR count). The Bertz CT molecular complexity index is 1080. The molecule has 1 heterocycles. The molecule has 1 aliphatic rings. The molecule has 0 saturated carbocycles. The first-order chi connectivity index (χ1) is 17.1. The fraction of sp³-hybridized carbons (Fsp3) is 0.520. The summed E-state index contributed by atoms with van der Waals surface area (Å²) in [6.07, 6.45) is 1.33. The lowest BCUT2D eigenvalue weighted by Crippen LogP contribution is -2.47. The normalized spacial score (nSPS) is 17.5. The maximum atomic E-state index is 13.6. The molecule has 2 aromatic rings. The minimum atomic E-state index is -4.30. The second-order valence-corrected chi connectivity index (χ2v) is 13.3. The molecule has 1 aliphatic heterocycles. The van der Waals surface area contributed by atoms with Crippen molar-refractivity contribution in [1.29, 1.82) is 0 Å². The SMILES string of the molecule is CN1Cc2c(Cl)cc(Cl)cc2C(c2cccc(S(C)(=O)(O)NCCOCCOCCOCCN)c2)C1. The van der Waals surface area contributed by atoms with Crippen LogP contribution in [0.4, 0.5) is 0 Å². The van der Waals surface area contributed by atoms with E-state index in [9.17, 15) is 8.76 Å². The van der Waals surface area contributed by atoms with Crippen LogP contribution < -0.4 is 10.5 Å². The third-order valence-electron chi connectivity index (χ3n) is 6.00.